The summed E-state index contributed by atoms with van der Waals surface area (Å²) >= 11 is 0. The van der Waals surface area contributed by atoms with Crippen molar-refractivity contribution in [2.75, 3.05) is 0 Å². The molecule has 0 saturated carbocycles. The van der Waals surface area contributed by atoms with Crippen molar-refractivity contribution in [3.8, 4) is 5.75 Å². The lowest BCUT2D eigenvalue weighted by molar-refractivity contribution is 0.204. The van der Waals surface area contributed by atoms with Gasteiger partial charge in [0, 0.05) is 6.42 Å². The molecule has 3 N–H and O–H groups in total. The maximum atomic E-state index is 7.33. The second-order valence-corrected chi connectivity index (χ2v) is 5.64. The predicted molar refractivity (Wildman–Crippen MR) is 81.0 cm³/mol. The highest BCUT2D eigenvalue weighted by Crippen LogP contribution is 2.28. The number of ether oxygens (including phenoxy) is 1. The summed E-state index contributed by atoms with van der Waals surface area (Å²) in [6.07, 6.45) is 2.43. The van der Waals surface area contributed by atoms with Gasteiger partial charge in [0.1, 0.15) is 11.9 Å². The Morgan fingerprint density at radius 1 is 1.26 bits per heavy atom. The number of hydrogen-bond acceptors (Lipinski definition) is 2. The zero-order valence-electron chi connectivity index (χ0n) is 12.5. The number of nitrogens with two attached hydrogens (primary N) is 1. The van der Waals surface area contributed by atoms with Crippen molar-refractivity contribution in [3.63, 3.8) is 0 Å². The Hall–Kier alpha value is -1.51. The van der Waals surface area contributed by atoms with Crippen molar-refractivity contribution in [2.24, 2.45) is 5.73 Å². The zero-order valence-corrected chi connectivity index (χ0v) is 12.5. The van der Waals surface area contributed by atoms with E-state index in [9.17, 15) is 0 Å². The Labute approximate surface area is 116 Å². The van der Waals surface area contributed by atoms with Crippen LogP contribution in [0.5, 0.6) is 5.75 Å². The standard InChI is InChI=1S/C16H26N2O/c1-5-13(11-15(17)18)19-14-9-7-12(8-10-14)16(3,4)6-2/h7-10,13H,5-6,11H2,1-4H3,(H3,17,18). The molecule has 0 radical (unpaired) electrons. The van der Waals surface area contributed by atoms with Crippen molar-refractivity contribution in [1.82, 2.24) is 0 Å². The van der Waals surface area contributed by atoms with E-state index in [0.717, 1.165) is 18.6 Å². The van der Waals surface area contributed by atoms with Crippen LogP contribution in [0.3, 0.4) is 0 Å². The molecule has 3 heteroatoms. The molecule has 1 rings (SSSR count). The molecule has 0 bridgehead atoms. The van der Waals surface area contributed by atoms with E-state index in [0.29, 0.717) is 6.42 Å². The summed E-state index contributed by atoms with van der Waals surface area (Å²) in [5.74, 6) is 1.03. The molecule has 0 fully saturated rings. The van der Waals surface area contributed by atoms with Gasteiger partial charge in [-0.1, -0.05) is 39.8 Å². The van der Waals surface area contributed by atoms with Crippen molar-refractivity contribution in [3.05, 3.63) is 29.8 Å². The predicted octanol–water partition coefficient (Wildman–Crippen LogP) is 3.86. The first kappa shape index (κ1) is 15.5. The van der Waals surface area contributed by atoms with E-state index in [1.165, 1.54) is 5.56 Å². The van der Waals surface area contributed by atoms with E-state index in [-0.39, 0.29) is 17.4 Å². The fourth-order valence-corrected chi connectivity index (χ4v) is 1.90. The highest BCUT2D eigenvalue weighted by Gasteiger charge is 2.18. The van der Waals surface area contributed by atoms with Gasteiger partial charge in [0.25, 0.3) is 0 Å². The van der Waals surface area contributed by atoms with Crippen LogP contribution >= 0.6 is 0 Å². The summed E-state index contributed by atoms with van der Waals surface area (Å²) in [5, 5.41) is 7.33. The van der Waals surface area contributed by atoms with E-state index in [2.05, 4.69) is 32.9 Å². The molecule has 0 heterocycles. The molecule has 1 aromatic rings. The molecule has 0 aliphatic carbocycles. The average molecular weight is 262 g/mol. The third-order valence-electron chi connectivity index (χ3n) is 3.73. The Kier molecular flexibility index (Phi) is 5.40. The molecule has 1 aromatic carbocycles. The average Bonchev–Trinajstić information content (AvgIpc) is 2.38. The van der Waals surface area contributed by atoms with Crippen LogP contribution in [-0.2, 0) is 5.41 Å². The molecular weight excluding hydrogens is 236 g/mol. The summed E-state index contributed by atoms with van der Waals surface area (Å²) in [7, 11) is 0. The van der Waals surface area contributed by atoms with Crippen molar-refractivity contribution < 1.29 is 4.74 Å². The van der Waals surface area contributed by atoms with Gasteiger partial charge in [-0.25, -0.2) is 0 Å². The van der Waals surface area contributed by atoms with Gasteiger partial charge in [0.15, 0.2) is 0 Å². The summed E-state index contributed by atoms with van der Waals surface area (Å²) in [6, 6.07) is 8.27. The van der Waals surface area contributed by atoms with Gasteiger partial charge in [0.05, 0.1) is 5.84 Å². The van der Waals surface area contributed by atoms with Crippen molar-refractivity contribution in [2.45, 2.75) is 58.5 Å². The molecule has 0 saturated heterocycles. The lowest BCUT2D eigenvalue weighted by atomic mass is 9.82. The molecule has 0 aliphatic heterocycles. The topological polar surface area (TPSA) is 59.1 Å². The van der Waals surface area contributed by atoms with Gasteiger partial charge in [-0.05, 0) is 36.0 Å². The Bertz CT molecular complexity index is 409. The molecule has 3 nitrogen and oxygen atoms in total. The minimum atomic E-state index is -0.0115. The number of hydrogen-bond donors (Lipinski definition) is 2. The van der Waals surface area contributed by atoms with Crippen LogP contribution in [0.1, 0.15) is 52.5 Å². The van der Waals surface area contributed by atoms with Gasteiger partial charge in [-0.2, -0.15) is 0 Å². The molecule has 1 atom stereocenters. The Morgan fingerprint density at radius 2 is 1.84 bits per heavy atom. The van der Waals surface area contributed by atoms with Crippen LogP contribution in [0.15, 0.2) is 24.3 Å². The largest absolute Gasteiger partial charge is 0.490 e. The minimum Gasteiger partial charge on any atom is -0.490 e. The second kappa shape index (κ2) is 6.60. The Balaban J connectivity index is 2.73. The van der Waals surface area contributed by atoms with Gasteiger partial charge in [-0.15, -0.1) is 0 Å². The quantitative estimate of drug-likeness (QED) is 0.579. The first-order valence-corrected chi connectivity index (χ1v) is 6.99. The van der Waals surface area contributed by atoms with Crippen molar-refractivity contribution in [1.29, 1.82) is 5.41 Å². The van der Waals surface area contributed by atoms with Crippen LogP contribution in [0.25, 0.3) is 0 Å². The normalized spacial score (nSPS) is 13.1. The van der Waals surface area contributed by atoms with Crippen molar-refractivity contribution >= 4 is 5.84 Å². The second-order valence-electron chi connectivity index (χ2n) is 5.64. The fourth-order valence-electron chi connectivity index (χ4n) is 1.90. The van der Waals surface area contributed by atoms with Crippen LogP contribution in [-0.4, -0.2) is 11.9 Å². The monoisotopic (exact) mass is 262 g/mol. The van der Waals surface area contributed by atoms with Gasteiger partial charge >= 0.3 is 0 Å². The smallest absolute Gasteiger partial charge is 0.119 e. The summed E-state index contributed by atoms with van der Waals surface area (Å²) in [5.41, 5.74) is 6.94. The SMILES string of the molecule is CCC(CC(=N)N)Oc1ccc(C(C)(C)CC)cc1. The van der Waals surface area contributed by atoms with Crippen LogP contribution in [0.2, 0.25) is 0 Å². The van der Waals surface area contributed by atoms with E-state index in [1.54, 1.807) is 0 Å². The van der Waals surface area contributed by atoms with Crippen LogP contribution in [0, 0.1) is 5.41 Å². The van der Waals surface area contributed by atoms with Crippen LogP contribution in [0.4, 0.5) is 0 Å². The summed E-state index contributed by atoms with van der Waals surface area (Å²) in [6.45, 7) is 8.73. The van der Waals surface area contributed by atoms with E-state index < -0.39 is 0 Å². The summed E-state index contributed by atoms with van der Waals surface area (Å²) in [4.78, 5) is 0. The molecule has 106 valence electrons. The van der Waals surface area contributed by atoms with Crippen LogP contribution < -0.4 is 10.5 Å². The van der Waals surface area contributed by atoms with E-state index >= 15 is 0 Å². The molecule has 0 spiro atoms. The highest BCUT2D eigenvalue weighted by molar-refractivity contribution is 5.77. The third kappa shape index (κ3) is 4.58. The number of amidine groups is 1. The lowest BCUT2D eigenvalue weighted by Gasteiger charge is -2.24. The first-order valence-electron chi connectivity index (χ1n) is 6.99. The fraction of sp³-hybridized carbons (Fsp3) is 0.562. The maximum absolute atomic E-state index is 7.33. The molecule has 0 aromatic heterocycles. The minimum absolute atomic E-state index is 0.0115. The number of benzene rings is 1. The molecular formula is C16H26N2O. The number of nitrogens with one attached hydrogen (secondary N) is 1. The molecule has 0 amide bonds. The third-order valence-corrected chi connectivity index (χ3v) is 3.73. The maximum Gasteiger partial charge on any atom is 0.119 e. The summed E-state index contributed by atoms with van der Waals surface area (Å²) < 4.78 is 5.85. The van der Waals surface area contributed by atoms with Gasteiger partial charge < -0.3 is 10.5 Å². The van der Waals surface area contributed by atoms with E-state index in [1.807, 2.05) is 19.1 Å². The number of rotatable bonds is 7. The lowest BCUT2D eigenvalue weighted by Crippen LogP contribution is -2.24. The molecule has 0 aliphatic rings. The van der Waals surface area contributed by atoms with Gasteiger partial charge in [-0.3, -0.25) is 5.41 Å². The highest BCUT2D eigenvalue weighted by atomic mass is 16.5. The molecule has 1 unspecified atom stereocenters. The first-order chi connectivity index (χ1) is 8.89. The Morgan fingerprint density at radius 3 is 2.26 bits per heavy atom. The van der Waals surface area contributed by atoms with Gasteiger partial charge in [0.2, 0.25) is 0 Å². The molecule has 19 heavy (non-hydrogen) atoms. The zero-order chi connectivity index (χ0) is 14.5. The van der Waals surface area contributed by atoms with E-state index in [4.69, 9.17) is 15.9 Å².